The zero-order valence-electron chi connectivity index (χ0n) is 20.1. The van der Waals surface area contributed by atoms with E-state index in [1.54, 1.807) is 28.6 Å². The number of carbonyl (C=O) groups excluding carboxylic acids is 2. The van der Waals surface area contributed by atoms with Crippen LogP contribution in [0.3, 0.4) is 0 Å². The molecule has 7 nitrogen and oxygen atoms in total. The van der Waals surface area contributed by atoms with E-state index in [1.807, 2.05) is 18.7 Å². The average molecular weight is 478 g/mol. The Morgan fingerprint density at radius 3 is 2.21 bits per heavy atom. The van der Waals surface area contributed by atoms with Gasteiger partial charge in [-0.25, -0.2) is 8.42 Å². The summed E-state index contributed by atoms with van der Waals surface area (Å²) in [6, 6.07) is 6.67. The maximum Gasteiger partial charge on any atom is 0.243 e. The Kier molecular flexibility index (Phi) is 9.32. The molecule has 0 bridgehead atoms. The van der Waals surface area contributed by atoms with Crippen molar-refractivity contribution in [3.05, 3.63) is 24.3 Å². The highest BCUT2D eigenvalue weighted by atomic mass is 32.2. The lowest BCUT2D eigenvalue weighted by Crippen LogP contribution is -2.38. The number of amides is 2. The van der Waals surface area contributed by atoms with E-state index in [2.05, 4.69) is 5.32 Å². The summed E-state index contributed by atoms with van der Waals surface area (Å²) in [5.74, 6) is -0.464. The number of rotatable bonds is 11. The smallest absolute Gasteiger partial charge is 0.243 e. The molecule has 0 unspecified atom stereocenters. The van der Waals surface area contributed by atoms with E-state index in [4.69, 9.17) is 0 Å². The van der Waals surface area contributed by atoms with Crippen molar-refractivity contribution >= 4 is 27.5 Å². The van der Waals surface area contributed by atoms with E-state index in [0.717, 1.165) is 51.4 Å². The van der Waals surface area contributed by atoms with E-state index in [1.165, 1.54) is 6.42 Å². The van der Waals surface area contributed by atoms with Gasteiger partial charge in [0.05, 0.1) is 10.8 Å². The standard InChI is InChI=1S/C25H39N3O4S/c1-3-5-16-27(17-6-4-2)33(31,32)23-14-12-21(13-15-23)26-25(30)20-18-24(29)28(19-20)22-10-8-7-9-11-22/h12-15,20,22H,3-11,16-19H2,1-2H3,(H,26,30)/t20-/m1/s1. The average Bonchev–Trinajstić information content (AvgIpc) is 3.21. The number of anilines is 1. The fraction of sp³-hybridized carbons (Fsp3) is 0.680. The van der Waals surface area contributed by atoms with Crippen LogP contribution in [0.2, 0.25) is 0 Å². The summed E-state index contributed by atoms with van der Waals surface area (Å²) in [6.07, 6.45) is 9.36. The zero-order valence-corrected chi connectivity index (χ0v) is 20.9. The summed E-state index contributed by atoms with van der Waals surface area (Å²) < 4.78 is 27.8. The van der Waals surface area contributed by atoms with Gasteiger partial charge in [-0.3, -0.25) is 9.59 Å². The van der Waals surface area contributed by atoms with Crippen molar-refractivity contribution in [2.45, 2.75) is 89.0 Å². The SMILES string of the molecule is CCCCN(CCCC)S(=O)(=O)c1ccc(NC(=O)[C@@H]2CC(=O)N(C3CCCCC3)C2)cc1. The van der Waals surface area contributed by atoms with Crippen molar-refractivity contribution in [1.29, 1.82) is 0 Å². The fourth-order valence-electron chi connectivity index (χ4n) is 4.78. The molecule has 1 saturated heterocycles. The summed E-state index contributed by atoms with van der Waals surface area (Å²) in [5.41, 5.74) is 0.552. The first kappa shape index (κ1) is 25.7. The van der Waals surface area contributed by atoms with Crippen LogP contribution >= 0.6 is 0 Å². The molecule has 1 atom stereocenters. The van der Waals surface area contributed by atoms with Crippen LogP contribution in [0.25, 0.3) is 0 Å². The third-order valence-corrected chi connectivity index (χ3v) is 8.74. The second-order valence-corrected chi connectivity index (χ2v) is 11.3. The summed E-state index contributed by atoms with van der Waals surface area (Å²) in [6.45, 7) is 5.61. The Hall–Kier alpha value is -1.93. The monoisotopic (exact) mass is 477 g/mol. The Labute approximate surface area is 199 Å². The Morgan fingerprint density at radius 2 is 1.64 bits per heavy atom. The van der Waals surface area contributed by atoms with Crippen molar-refractivity contribution in [2.75, 3.05) is 25.0 Å². The molecule has 33 heavy (non-hydrogen) atoms. The molecule has 1 aromatic carbocycles. The van der Waals surface area contributed by atoms with Gasteiger partial charge in [-0.1, -0.05) is 46.0 Å². The highest BCUT2D eigenvalue weighted by Crippen LogP contribution is 2.29. The second kappa shape index (κ2) is 12.0. The number of hydrogen-bond acceptors (Lipinski definition) is 4. The van der Waals surface area contributed by atoms with E-state index in [-0.39, 0.29) is 35.1 Å². The van der Waals surface area contributed by atoms with Crippen LogP contribution in [0.4, 0.5) is 5.69 Å². The van der Waals surface area contributed by atoms with Gasteiger partial charge in [0.1, 0.15) is 0 Å². The predicted octanol–water partition coefficient (Wildman–Crippen LogP) is 4.40. The molecular formula is C25H39N3O4S. The zero-order chi connectivity index (χ0) is 23.8. The molecule has 1 aromatic rings. The number of likely N-dealkylation sites (tertiary alicyclic amines) is 1. The molecule has 0 spiro atoms. The number of hydrogen-bond donors (Lipinski definition) is 1. The van der Waals surface area contributed by atoms with Crippen LogP contribution in [0, 0.1) is 5.92 Å². The first-order valence-corrected chi connectivity index (χ1v) is 14.0. The van der Waals surface area contributed by atoms with Crippen molar-refractivity contribution in [3.8, 4) is 0 Å². The lowest BCUT2D eigenvalue weighted by molar-refractivity contribution is -0.130. The summed E-state index contributed by atoms with van der Waals surface area (Å²) in [4.78, 5) is 27.4. The lowest BCUT2D eigenvalue weighted by Gasteiger charge is -2.31. The van der Waals surface area contributed by atoms with Crippen LogP contribution in [-0.4, -0.2) is 55.1 Å². The third-order valence-electron chi connectivity index (χ3n) is 6.83. The molecule has 8 heteroatoms. The minimum atomic E-state index is -3.56. The first-order valence-electron chi connectivity index (χ1n) is 12.6. The molecular weight excluding hydrogens is 438 g/mol. The van der Waals surface area contributed by atoms with Gasteiger partial charge in [0, 0.05) is 37.8 Å². The molecule has 184 valence electrons. The third kappa shape index (κ3) is 6.57. The molecule has 2 aliphatic rings. The molecule has 1 saturated carbocycles. The van der Waals surface area contributed by atoms with Crippen LogP contribution in [0.5, 0.6) is 0 Å². The molecule has 1 N–H and O–H groups in total. The largest absolute Gasteiger partial charge is 0.339 e. The van der Waals surface area contributed by atoms with Crippen LogP contribution in [0.1, 0.15) is 78.1 Å². The number of sulfonamides is 1. The quantitative estimate of drug-likeness (QED) is 0.512. The van der Waals surface area contributed by atoms with Gasteiger partial charge >= 0.3 is 0 Å². The molecule has 1 aliphatic heterocycles. The van der Waals surface area contributed by atoms with Gasteiger partial charge in [0.2, 0.25) is 21.8 Å². The maximum absolute atomic E-state index is 13.1. The molecule has 1 aliphatic carbocycles. The summed E-state index contributed by atoms with van der Waals surface area (Å²) in [5, 5.41) is 2.88. The van der Waals surface area contributed by atoms with Gasteiger partial charge in [-0.15, -0.1) is 0 Å². The molecule has 0 aromatic heterocycles. The molecule has 2 fully saturated rings. The van der Waals surface area contributed by atoms with Gasteiger partial charge in [0.15, 0.2) is 0 Å². The summed E-state index contributed by atoms with van der Waals surface area (Å²) >= 11 is 0. The molecule has 1 heterocycles. The van der Waals surface area contributed by atoms with Gasteiger partial charge < -0.3 is 10.2 Å². The number of nitrogens with zero attached hydrogens (tertiary/aromatic N) is 2. The van der Waals surface area contributed by atoms with E-state index < -0.39 is 10.0 Å². The van der Waals surface area contributed by atoms with Crippen molar-refractivity contribution < 1.29 is 18.0 Å². The van der Waals surface area contributed by atoms with Gasteiger partial charge in [0.25, 0.3) is 0 Å². The van der Waals surface area contributed by atoms with Crippen LogP contribution in [-0.2, 0) is 19.6 Å². The number of benzene rings is 1. The van der Waals surface area contributed by atoms with E-state index in [9.17, 15) is 18.0 Å². The highest BCUT2D eigenvalue weighted by Gasteiger charge is 2.38. The first-order chi connectivity index (χ1) is 15.9. The molecule has 2 amide bonds. The Morgan fingerprint density at radius 1 is 1.03 bits per heavy atom. The van der Waals surface area contributed by atoms with Crippen LogP contribution < -0.4 is 5.32 Å². The number of unbranched alkanes of at least 4 members (excludes halogenated alkanes) is 2. The van der Waals surface area contributed by atoms with Crippen molar-refractivity contribution in [2.24, 2.45) is 5.92 Å². The van der Waals surface area contributed by atoms with Crippen LogP contribution in [0.15, 0.2) is 29.2 Å². The summed E-state index contributed by atoms with van der Waals surface area (Å²) in [7, 11) is -3.56. The van der Waals surface area contributed by atoms with Crippen molar-refractivity contribution in [3.63, 3.8) is 0 Å². The minimum Gasteiger partial charge on any atom is -0.339 e. The maximum atomic E-state index is 13.1. The van der Waals surface area contributed by atoms with E-state index >= 15 is 0 Å². The topological polar surface area (TPSA) is 86.8 Å². The van der Waals surface area contributed by atoms with E-state index in [0.29, 0.717) is 25.3 Å². The normalized spacial score (nSPS) is 19.9. The van der Waals surface area contributed by atoms with Crippen molar-refractivity contribution in [1.82, 2.24) is 9.21 Å². The minimum absolute atomic E-state index is 0.0720. The predicted molar refractivity (Wildman–Crippen MR) is 130 cm³/mol. The second-order valence-electron chi connectivity index (χ2n) is 9.36. The highest BCUT2D eigenvalue weighted by molar-refractivity contribution is 7.89. The number of nitrogens with one attached hydrogen (secondary N) is 1. The Bertz CT molecular complexity index is 887. The number of carbonyl (C=O) groups is 2. The fourth-order valence-corrected chi connectivity index (χ4v) is 6.29. The van der Waals surface area contributed by atoms with Gasteiger partial charge in [-0.2, -0.15) is 4.31 Å². The molecule has 3 rings (SSSR count). The molecule has 0 radical (unpaired) electrons. The Balaban J connectivity index is 1.61. The van der Waals surface area contributed by atoms with Gasteiger partial charge in [-0.05, 0) is 49.9 Å². The lowest BCUT2D eigenvalue weighted by atomic mass is 9.94.